The van der Waals surface area contributed by atoms with Crippen LogP contribution in [0.2, 0.25) is 0 Å². The predicted molar refractivity (Wildman–Crippen MR) is 95.1 cm³/mol. The van der Waals surface area contributed by atoms with Gasteiger partial charge in [0.2, 0.25) is 5.91 Å². The third-order valence-electron chi connectivity index (χ3n) is 3.59. The van der Waals surface area contributed by atoms with Crippen LogP contribution in [0.25, 0.3) is 10.2 Å². The first-order valence-electron chi connectivity index (χ1n) is 7.35. The Morgan fingerprint density at radius 3 is 2.73 bits per heavy atom. The molecule has 1 N–H and O–H groups in total. The zero-order valence-corrected chi connectivity index (χ0v) is 15.2. The Kier molecular flexibility index (Phi) is 5.05. The van der Waals surface area contributed by atoms with Gasteiger partial charge >= 0.3 is 0 Å². The van der Waals surface area contributed by atoms with E-state index in [1.54, 1.807) is 11.4 Å². The number of aromatic nitrogens is 2. The van der Waals surface area contributed by atoms with Gasteiger partial charge in [0.05, 0.1) is 16.5 Å². The summed E-state index contributed by atoms with van der Waals surface area (Å²) in [4.78, 5) is 28.8. The van der Waals surface area contributed by atoms with Crippen LogP contribution in [0.1, 0.15) is 6.92 Å². The van der Waals surface area contributed by atoms with Gasteiger partial charge in [-0.15, -0.1) is 11.3 Å². The van der Waals surface area contributed by atoms with E-state index in [4.69, 9.17) is 0 Å². The van der Waals surface area contributed by atoms with Gasteiger partial charge in [0.15, 0.2) is 22.6 Å². The minimum atomic E-state index is -1.66. The molecule has 10 heteroatoms. The zero-order chi connectivity index (χ0) is 19.0. The Hall–Kier alpha value is -2.33. The third kappa shape index (κ3) is 3.34. The summed E-state index contributed by atoms with van der Waals surface area (Å²) in [6.45, 7) is 1.53. The number of thioether (sulfide) groups is 1. The molecule has 0 spiro atoms. The number of benzene rings is 1. The Morgan fingerprint density at radius 2 is 2.00 bits per heavy atom. The summed E-state index contributed by atoms with van der Waals surface area (Å²) in [7, 11) is 1.54. The summed E-state index contributed by atoms with van der Waals surface area (Å²) in [6.07, 6.45) is 0. The number of nitrogens with zero attached hydrogens (tertiary/aromatic N) is 2. The number of anilines is 1. The van der Waals surface area contributed by atoms with Crippen LogP contribution in [0.5, 0.6) is 0 Å². The molecule has 2 aromatic heterocycles. The van der Waals surface area contributed by atoms with Crippen LogP contribution in [-0.2, 0) is 11.8 Å². The molecular formula is C16H12F3N3O2S2. The summed E-state index contributed by atoms with van der Waals surface area (Å²) in [5.74, 6) is -5.11. The number of thiophene rings is 1. The van der Waals surface area contributed by atoms with Crippen molar-refractivity contribution in [3.8, 4) is 0 Å². The number of amides is 1. The Bertz CT molecular complexity index is 1060. The minimum absolute atomic E-state index is 0.230. The zero-order valence-electron chi connectivity index (χ0n) is 13.5. The summed E-state index contributed by atoms with van der Waals surface area (Å²) >= 11 is 2.27. The molecule has 0 aliphatic rings. The molecule has 1 amide bonds. The highest BCUT2D eigenvalue weighted by Crippen LogP contribution is 2.25. The monoisotopic (exact) mass is 399 g/mol. The Balaban J connectivity index is 1.81. The van der Waals surface area contributed by atoms with Gasteiger partial charge in [0.1, 0.15) is 4.70 Å². The van der Waals surface area contributed by atoms with E-state index in [9.17, 15) is 22.8 Å². The number of halogens is 3. The van der Waals surface area contributed by atoms with E-state index in [0.29, 0.717) is 15.4 Å². The van der Waals surface area contributed by atoms with Gasteiger partial charge in [-0.05, 0) is 30.5 Å². The highest BCUT2D eigenvalue weighted by molar-refractivity contribution is 8.00. The smallest absolute Gasteiger partial charge is 0.271 e. The molecule has 1 atom stereocenters. The molecule has 0 saturated heterocycles. The fourth-order valence-corrected chi connectivity index (χ4v) is 3.82. The van der Waals surface area contributed by atoms with E-state index in [1.807, 2.05) is 0 Å². The van der Waals surface area contributed by atoms with Crippen LogP contribution >= 0.6 is 23.1 Å². The van der Waals surface area contributed by atoms with Gasteiger partial charge in [0.25, 0.3) is 5.56 Å². The molecule has 0 aliphatic carbocycles. The normalized spacial score (nSPS) is 12.3. The lowest BCUT2D eigenvalue weighted by atomic mass is 10.2. The van der Waals surface area contributed by atoms with Gasteiger partial charge in [-0.2, -0.15) is 0 Å². The van der Waals surface area contributed by atoms with Gasteiger partial charge in [-0.25, -0.2) is 18.2 Å². The van der Waals surface area contributed by atoms with Crippen molar-refractivity contribution in [1.29, 1.82) is 0 Å². The highest BCUT2D eigenvalue weighted by Gasteiger charge is 2.21. The molecule has 1 unspecified atom stereocenters. The number of carbonyl (C=O) groups is 1. The fourth-order valence-electron chi connectivity index (χ4n) is 2.14. The minimum Gasteiger partial charge on any atom is -0.323 e. The standard InChI is InChI=1S/C16H12F3N3O2S2/c1-7(14(23)20-9-4-3-8(17)11(18)12(9)19)26-16-21-10-5-6-25-13(10)15(24)22(16)2/h3-7H,1-2H3,(H,20,23). The van der Waals surface area contributed by atoms with Crippen LogP contribution in [0.3, 0.4) is 0 Å². The first-order chi connectivity index (χ1) is 12.3. The molecule has 2 heterocycles. The lowest BCUT2D eigenvalue weighted by Gasteiger charge is -2.14. The summed E-state index contributed by atoms with van der Waals surface area (Å²) in [6, 6.07) is 3.36. The largest absolute Gasteiger partial charge is 0.323 e. The van der Waals surface area contributed by atoms with E-state index in [2.05, 4.69) is 10.3 Å². The molecule has 0 saturated carbocycles. The number of nitrogens with one attached hydrogen (secondary N) is 1. The molecule has 3 rings (SSSR count). The van der Waals surface area contributed by atoms with Crippen LogP contribution in [0.4, 0.5) is 18.9 Å². The molecule has 0 radical (unpaired) electrons. The van der Waals surface area contributed by atoms with Gasteiger partial charge in [-0.1, -0.05) is 11.8 Å². The van der Waals surface area contributed by atoms with Crippen molar-refractivity contribution in [1.82, 2.24) is 9.55 Å². The van der Waals surface area contributed by atoms with E-state index in [0.717, 1.165) is 23.9 Å². The molecule has 1 aromatic carbocycles. The Labute approximate surface area is 153 Å². The summed E-state index contributed by atoms with van der Waals surface area (Å²) < 4.78 is 41.7. The average molecular weight is 399 g/mol. The molecule has 0 aliphatic heterocycles. The van der Waals surface area contributed by atoms with Gasteiger partial charge < -0.3 is 5.32 Å². The van der Waals surface area contributed by atoms with Gasteiger partial charge in [-0.3, -0.25) is 14.2 Å². The fraction of sp³-hybridized carbons (Fsp3) is 0.188. The SMILES string of the molecule is CC(Sc1nc2ccsc2c(=O)n1C)C(=O)Nc1ccc(F)c(F)c1F. The summed E-state index contributed by atoms with van der Waals surface area (Å²) in [5, 5.41) is 3.50. The van der Waals surface area contributed by atoms with Crippen molar-refractivity contribution in [2.45, 2.75) is 17.3 Å². The van der Waals surface area contributed by atoms with Crippen LogP contribution in [0.15, 0.2) is 33.5 Å². The number of hydrogen-bond acceptors (Lipinski definition) is 5. The van der Waals surface area contributed by atoms with E-state index >= 15 is 0 Å². The second-order valence-corrected chi connectivity index (χ2v) is 7.59. The van der Waals surface area contributed by atoms with Gasteiger partial charge in [0, 0.05) is 7.05 Å². The molecule has 26 heavy (non-hydrogen) atoms. The molecule has 0 bridgehead atoms. The predicted octanol–water partition coefficient (Wildman–Crippen LogP) is 3.53. The van der Waals surface area contributed by atoms with E-state index in [-0.39, 0.29) is 5.56 Å². The van der Waals surface area contributed by atoms with Crippen LogP contribution in [-0.4, -0.2) is 20.7 Å². The number of rotatable bonds is 4. The van der Waals surface area contributed by atoms with Crippen molar-refractivity contribution in [2.75, 3.05) is 5.32 Å². The second kappa shape index (κ2) is 7.12. The van der Waals surface area contributed by atoms with Crippen LogP contribution < -0.4 is 10.9 Å². The van der Waals surface area contributed by atoms with Crippen molar-refractivity contribution < 1.29 is 18.0 Å². The highest BCUT2D eigenvalue weighted by atomic mass is 32.2. The number of carbonyl (C=O) groups excluding carboxylic acids is 1. The first-order valence-corrected chi connectivity index (χ1v) is 9.10. The number of fused-ring (bicyclic) bond motifs is 1. The molecule has 3 aromatic rings. The molecular weight excluding hydrogens is 387 g/mol. The maximum atomic E-state index is 13.7. The maximum absolute atomic E-state index is 13.7. The maximum Gasteiger partial charge on any atom is 0.271 e. The molecule has 0 fully saturated rings. The third-order valence-corrected chi connectivity index (χ3v) is 5.63. The molecule has 5 nitrogen and oxygen atoms in total. The van der Waals surface area contributed by atoms with Crippen molar-refractivity contribution >= 4 is 44.9 Å². The second-order valence-electron chi connectivity index (χ2n) is 5.37. The van der Waals surface area contributed by atoms with E-state index < -0.39 is 34.3 Å². The van der Waals surface area contributed by atoms with E-state index in [1.165, 1.54) is 29.9 Å². The summed E-state index contributed by atoms with van der Waals surface area (Å²) in [5.41, 5.74) is -0.164. The topological polar surface area (TPSA) is 64.0 Å². The lowest BCUT2D eigenvalue weighted by molar-refractivity contribution is -0.115. The molecule has 136 valence electrons. The van der Waals surface area contributed by atoms with Crippen LogP contribution in [0, 0.1) is 17.5 Å². The average Bonchev–Trinajstić information content (AvgIpc) is 3.08. The Morgan fingerprint density at radius 1 is 1.27 bits per heavy atom. The van der Waals surface area contributed by atoms with Crippen molar-refractivity contribution in [2.24, 2.45) is 7.05 Å². The quantitative estimate of drug-likeness (QED) is 0.414. The van der Waals surface area contributed by atoms with Crippen molar-refractivity contribution in [3.63, 3.8) is 0 Å². The van der Waals surface area contributed by atoms with Crippen molar-refractivity contribution in [3.05, 3.63) is 51.4 Å². The lowest BCUT2D eigenvalue weighted by Crippen LogP contribution is -2.25. The first kappa shape index (κ1) is 18.5. The number of hydrogen-bond donors (Lipinski definition) is 1.